The topological polar surface area (TPSA) is 63.7 Å². The normalized spacial score (nSPS) is 23.6. The number of ether oxygens (including phenoxy) is 1. The first-order chi connectivity index (χ1) is 11.9. The third kappa shape index (κ3) is 3.31. The third-order valence-electron chi connectivity index (χ3n) is 4.69. The lowest BCUT2D eigenvalue weighted by Gasteiger charge is -2.21. The summed E-state index contributed by atoms with van der Waals surface area (Å²) < 4.78 is 5.24. The van der Waals surface area contributed by atoms with E-state index in [1.165, 1.54) is 6.92 Å². The summed E-state index contributed by atoms with van der Waals surface area (Å²) in [6.07, 6.45) is 4.86. The highest BCUT2D eigenvalue weighted by molar-refractivity contribution is 6.35. The Labute approximate surface area is 155 Å². The number of hydrogen-bond donors (Lipinski definition) is 0. The van der Waals surface area contributed by atoms with Crippen LogP contribution in [0.2, 0.25) is 10.0 Å². The summed E-state index contributed by atoms with van der Waals surface area (Å²) in [6.45, 7) is 1.38. The monoisotopic (exact) mass is 381 g/mol. The molecule has 3 atom stereocenters. The van der Waals surface area contributed by atoms with Gasteiger partial charge in [-0.1, -0.05) is 41.4 Å². The molecule has 1 saturated heterocycles. The summed E-state index contributed by atoms with van der Waals surface area (Å²) in [5.41, 5.74) is 0.489. The molecule has 1 fully saturated rings. The van der Waals surface area contributed by atoms with Gasteiger partial charge >= 0.3 is 5.97 Å². The molecular weight excluding hydrogens is 365 g/mol. The molecule has 1 aromatic rings. The Morgan fingerprint density at radius 3 is 2.20 bits per heavy atom. The maximum Gasteiger partial charge on any atom is 0.329 e. The second-order valence-electron chi connectivity index (χ2n) is 6.19. The first-order valence-electron chi connectivity index (χ1n) is 8.03. The van der Waals surface area contributed by atoms with Gasteiger partial charge in [-0.15, -0.1) is 0 Å². The minimum Gasteiger partial charge on any atom is -0.459 e. The van der Waals surface area contributed by atoms with Crippen molar-refractivity contribution in [3.8, 4) is 0 Å². The molecule has 2 aliphatic rings. The number of carbonyl (C=O) groups excluding carboxylic acids is 3. The molecule has 0 unspecified atom stereocenters. The first-order valence-corrected chi connectivity index (χ1v) is 8.79. The van der Waals surface area contributed by atoms with Crippen molar-refractivity contribution in [3.63, 3.8) is 0 Å². The Morgan fingerprint density at radius 1 is 1.16 bits per heavy atom. The van der Waals surface area contributed by atoms with Gasteiger partial charge in [0.15, 0.2) is 0 Å². The molecule has 1 aliphatic carbocycles. The van der Waals surface area contributed by atoms with Gasteiger partial charge in [-0.05, 0) is 31.9 Å². The van der Waals surface area contributed by atoms with Crippen LogP contribution in [0.25, 0.3) is 0 Å². The number of hydrogen-bond acceptors (Lipinski definition) is 4. The molecule has 0 bridgehead atoms. The van der Waals surface area contributed by atoms with Crippen molar-refractivity contribution in [1.29, 1.82) is 0 Å². The fourth-order valence-corrected chi connectivity index (χ4v) is 3.75. The number of fused-ring (bicyclic) bond motifs is 1. The summed E-state index contributed by atoms with van der Waals surface area (Å²) in [6, 6.07) is 4.00. The zero-order valence-electron chi connectivity index (χ0n) is 13.6. The number of nitrogens with zero attached hydrogens (tertiary/aromatic N) is 1. The highest BCUT2D eigenvalue weighted by Crippen LogP contribution is 2.36. The molecule has 0 radical (unpaired) electrons. The number of carbonyl (C=O) groups is 3. The number of halogens is 2. The van der Waals surface area contributed by atoms with Crippen molar-refractivity contribution in [3.05, 3.63) is 46.0 Å². The molecule has 25 heavy (non-hydrogen) atoms. The number of likely N-dealkylation sites (tertiary alicyclic amines) is 1. The van der Waals surface area contributed by atoms with E-state index in [4.69, 9.17) is 27.9 Å². The Bertz CT molecular complexity index is 715. The number of amides is 2. The summed E-state index contributed by atoms with van der Waals surface area (Å²) in [5.74, 6) is -2.01. The van der Waals surface area contributed by atoms with Gasteiger partial charge in [0, 0.05) is 15.6 Å². The van der Waals surface area contributed by atoms with E-state index in [-0.39, 0.29) is 30.3 Å². The second-order valence-corrected chi connectivity index (χ2v) is 7.00. The van der Waals surface area contributed by atoms with Gasteiger partial charge in [0.05, 0.1) is 11.8 Å². The van der Waals surface area contributed by atoms with Gasteiger partial charge in [0.25, 0.3) is 0 Å². The van der Waals surface area contributed by atoms with E-state index in [2.05, 4.69) is 0 Å². The molecule has 0 aromatic heterocycles. The van der Waals surface area contributed by atoms with E-state index in [1.807, 2.05) is 12.2 Å². The highest BCUT2D eigenvalue weighted by atomic mass is 35.5. The minimum absolute atomic E-state index is 0.119. The van der Waals surface area contributed by atoms with Crippen LogP contribution in [0.4, 0.5) is 0 Å². The van der Waals surface area contributed by atoms with Crippen molar-refractivity contribution in [2.75, 3.05) is 0 Å². The molecule has 0 N–H and O–H groups in total. The summed E-state index contributed by atoms with van der Waals surface area (Å²) >= 11 is 12.1. The van der Waals surface area contributed by atoms with Crippen molar-refractivity contribution < 1.29 is 19.1 Å². The lowest BCUT2D eigenvalue weighted by Crippen LogP contribution is -2.44. The standard InChI is InChI=1S/C18H17Cl2NO4/c1-10(18(24)25-9-13-14(19)7-4-8-15(13)20)21-16(22)11-5-2-3-6-12(11)17(21)23/h2-4,7-8,10-12H,5-6,9H2,1H3/t10-,11-,12+/m0/s1. The Hall–Kier alpha value is -1.85. The van der Waals surface area contributed by atoms with Crippen molar-refractivity contribution in [1.82, 2.24) is 4.90 Å². The SMILES string of the molecule is C[C@@H](C(=O)OCc1c(Cl)cccc1Cl)N1C(=O)[C@H]2CC=CC[C@H]2C1=O. The number of imide groups is 1. The zero-order valence-corrected chi connectivity index (χ0v) is 15.1. The van der Waals surface area contributed by atoms with Gasteiger partial charge in [-0.3, -0.25) is 14.5 Å². The quantitative estimate of drug-likeness (QED) is 0.455. The van der Waals surface area contributed by atoms with Gasteiger partial charge < -0.3 is 4.74 Å². The number of benzene rings is 1. The second kappa shape index (κ2) is 7.18. The van der Waals surface area contributed by atoms with Crippen LogP contribution < -0.4 is 0 Å². The fraction of sp³-hybridized carbons (Fsp3) is 0.389. The Kier molecular flexibility index (Phi) is 5.16. The summed E-state index contributed by atoms with van der Waals surface area (Å²) in [7, 11) is 0. The predicted octanol–water partition coefficient (Wildman–Crippen LogP) is 3.38. The lowest BCUT2D eigenvalue weighted by atomic mass is 9.85. The minimum atomic E-state index is -0.980. The van der Waals surface area contributed by atoms with Crippen LogP contribution in [0.5, 0.6) is 0 Å². The van der Waals surface area contributed by atoms with Gasteiger partial charge in [0.1, 0.15) is 12.6 Å². The van der Waals surface area contributed by atoms with Crippen LogP contribution >= 0.6 is 23.2 Å². The van der Waals surface area contributed by atoms with Crippen LogP contribution in [-0.4, -0.2) is 28.7 Å². The largest absolute Gasteiger partial charge is 0.459 e. The molecule has 2 amide bonds. The van der Waals surface area contributed by atoms with Crippen LogP contribution in [0.15, 0.2) is 30.4 Å². The molecule has 0 spiro atoms. The third-order valence-corrected chi connectivity index (χ3v) is 5.40. The highest BCUT2D eigenvalue weighted by Gasteiger charge is 2.50. The summed E-state index contributed by atoms with van der Waals surface area (Å²) in [5, 5.41) is 0.775. The predicted molar refractivity (Wildman–Crippen MR) is 92.9 cm³/mol. The Balaban J connectivity index is 1.68. The van der Waals surface area contributed by atoms with E-state index in [9.17, 15) is 14.4 Å². The van der Waals surface area contributed by atoms with Crippen LogP contribution in [-0.2, 0) is 25.7 Å². The molecule has 5 nitrogen and oxygen atoms in total. The van der Waals surface area contributed by atoms with Gasteiger partial charge in [-0.2, -0.15) is 0 Å². The van der Waals surface area contributed by atoms with Crippen LogP contribution in [0.1, 0.15) is 25.3 Å². The number of allylic oxidation sites excluding steroid dienone is 2. The molecule has 132 valence electrons. The molecular formula is C18H17Cl2NO4. The smallest absolute Gasteiger partial charge is 0.329 e. The molecule has 3 rings (SSSR count). The molecule has 1 aromatic carbocycles. The van der Waals surface area contributed by atoms with Crippen LogP contribution in [0, 0.1) is 11.8 Å². The average molecular weight is 382 g/mol. The fourth-order valence-electron chi connectivity index (χ4n) is 3.25. The molecule has 1 aliphatic heterocycles. The van der Waals surface area contributed by atoms with E-state index in [0.717, 1.165) is 4.90 Å². The Morgan fingerprint density at radius 2 is 1.68 bits per heavy atom. The van der Waals surface area contributed by atoms with E-state index < -0.39 is 12.0 Å². The van der Waals surface area contributed by atoms with E-state index >= 15 is 0 Å². The molecule has 7 heteroatoms. The number of esters is 1. The molecule has 1 heterocycles. The van der Waals surface area contributed by atoms with Crippen molar-refractivity contribution >= 4 is 41.0 Å². The number of rotatable bonds is 4. The van der Waals surface area contributed by atoms with E-state index in [1.54, 1.807) is 18.2 Å². The first kappa shape index (κ1) is 18.0. The van der Waals surface area contributed by atoms with Gasteiger partial charge in [-0.25, -0.2) is 4.79 Å². The van der Waals surface area contributed by atoms with Crippen molar-refractivity contribution in [2.45, 2.75) is 32.4 Å². The lowest BCUT2D eigenvalue weighted by molar-refractivity contribution is -0.159. The zero-order chi connectivity index (χ0) is 18.1. The van der Waals surface area contributed by atoms with E-state index in [0.29, 0.717) is 28.5 Å². The average Bonchev–Trinajstić information content (AvgIpc) is 2.85. The van der Waals surface area contributed by atoms with Crippen LogP contribution in [0.3, 0.4) is 0 Å². The maximum absolute atomic E-state index is 12.5. The maximum atomic E-state index is 12.5. The van der Waals surface area contributed by atoms with Gasteiger partial charge in [0.2, 0.25) is 11.8 Å². The summed E-state index contributed by atoms with van der Waals surface area (Å²) in [4.78, 5) is 38.4. The molecule has 0 saturated carbocycles. The van der Waals surface area contributed by atoms with Crippen molar-refractivity contribution in [2.24, 2.45) is 11.8 Å².